The molecule has 198 valence electrons. The number of anilines is 1. The van der Waals surface area contributed by atoms with Gasteiger partial charge in [0, 0.05) is 34.0 Å². The second-order valence-corrected chi connectivity index (χ2v) is 10.2. The highest BCUT2D eigenvalue weighted by Crippen LogP contribution is 2.47. The Morgan fingerprint density at radius 1 is 1.19 bits per heavy atom. The summed E-state index contributed by atoms with van der Waals surface area (Å²) in [7, 11) is 0. The lowest BCUT2D eigenvalue weighted by molar-refractivity contribution is -0.286. The van der Waals surface area contributed by atoms with Crippen LogP contribution in [0.25, 0.3) is 22.0 Å². The highest BCUT2D eigenvalue weighted by Gasteiger charge is 2.44. The molecule has 1 fully saturated rings. The fraction of sp³-hybridized carbons (Fsp3) is 0.423. The average Bonchev–Trinajstić information content (AvgIpc) is 3.58. The molecule has 0 spiro atoms. The van der Waals surface area contributed by atoms with Crippen molar-refractivity contribution in [2.75, 3.05) is 18.5 Å². The Bertz CT molecular complexity index is 1380. The molecule has 1 saturated carbocycles. The van der Waals surface area contributed by atoms with Crippen LogP contribution in [0.4, 0.5) is 18.9 Å². The monoisotopic (exact) mass is 520 g/mol. The zero-order valence-corrected chi connectivity index (χ0v) is 20.2. The van der Waals surface area contributed by atoms with Gasteiger partial charge in [-0.15, -0.1) is 8.78 Å². The lowest BCUT2D eigenvalue weighted by atomic mass is 9.85. The number of ether oxygens (including phenoxy) is 2. The van der Waals surface area contributed by atoms with Crippen LogP contribution >= 0.6 is 0 Å². The van der Waals surface area contributed by atoms with E-state index in [-0.39, 0.29) is 42.2 Å². The number of carbonyl (C=O) groups excluding carboxylic acids is 1. The van der Waals surface area contributed by atoms with E-state index < -0.39 is 30.2 Å². The van der Waals surface area contributed by atoms with Gasteiger partial charge in [0.25, 0.3) is 0 Å². The van der Waals surface area contributed by atoms with Crippen LogP contribution in [-0.2, 0) is 16.8 Å². The first-order valence-corrected chi connectivity index (χ1v) is 11.9. The van der Waals surface area contributed by atoms with Gasteiger partial charge in [0.1, 0.15) is 5.82 Å². The molecule has 2 heterocycles. The summed E-state index contributed by atoms with van der Waals surface area (Å²) in [6.45, 7) is 2.42. The van der Waals surface area contributed by atoms with Gasteiger partial charge in [0.15, 0.2) is 11.5 Å². The molecule has 1 aromatic heterocycles. The van der Waals surface area contributed by atoms with Crippen LogP contribution in [0.2, 0.25) is 0 Å². The Labute approximate surface area is 210 Å². The van der Waals surface area contributed by atoms with E-state index >= 15 is 4.39 Å². The van der Waals surface area contributed by atoms with E-state index in [0.29, 0.717) is 27.7 Å². The third-order valence-electron chi connectivity index (χ3n) is 6.69. The van der Waals surface area contributed by atoms with E-state index in [2.05, 4.69) is 14.8 Å². The average molecular weight is 521 g/mol. The van der Waals surface area contributed by atoms with Crippen LogP contribution in [-0.4, -0.2) is 51.4 Å². The van der Waals surface area contributed by atoms with Crippen LogP contribution in [0.1, 0.15) is 32.4 Å². The lowest BCUT2D eigenvalue weighted by Gasteiger charge is -2.27. The number of alkyl halides is 2. The third-order valence-corrected chi connectivity index (χ3v) is 6.69. The van der Waals surface area contributed by atoms with E-state index in [1.807, 2.05) is 0 Å². The van der Waals surface area contributed by atoms with Crippen molar-refractivity contribution in [3.05, 3.63) is 41.8 Å². The molecule has 1 atom stereocenters. The minimum absolute atomic E-state index is 0.0499. The summed E-state index contributed by atoms with van der Waals surface area (Å²) in [5, 5.41) is 33.2. The summed E-state index contributed by atoms with van der Waals surface area (Å²) >= 11 is 0. The number of halogens is 3. The smallest absolute Gasteiger partial charge is 0.395 e. The predicted molar refractivity (Wildman–Crippen MR) is 128 cm³/mol. The Balaban J connectivity index is 1.78. The van der Waals surface area contributed by atoms with E-state index in [4.69, 9.17) is 0 Å². The normalized spacial score (nSPS) is 17.3. The SMILES string of the molecule is CC(C)(CO)c1c(-c2ccc3c(c2)OC(F)(F)O3)c2cc(NC(=O)C3CC3)c(F)cc2n1C[C@@H](O)CO. The van der Waals surface area contributed by atoms with Gasteiger partial charge in [-0.1, -0.05) is 19.9 Å². The molecule has 3 aromatic rings. The van der Waals surface area contributed by atoms with Gasteiger partial charge >= 0.3 is 6.29 Å². The second-order valence-electron chi connectivity index (χ2n) is 10.2. The zero-order valence-electron chi connectivity index (χ0n) is 20.2. The molecule has 4 N–H and O–H groups in total. The number of aromatic nitrogens is 1. The van der Waals surface area contributed by atoms with Crippen molar-refractivity contribution in [1.29, 1.82) is 0 Å². The maximum atomic E-state index is 15.2. The van der Waals surface area contributed by atoms with Crippen molar-refractivity contribution in [1.82, 2.24) is 4.57 Å². The largest absolute Gasteiger partial charge is 0.586 e. The van der Waals surface area contributed by atoms with E-state index in [9.17, 15) is 28.9 Å². The number of amides is 1. The molecule has 8 nitrogen and oxygen atoms in total. The van der Waals surface area contributed by atoms with Crippen LogP contribution in [0.5, 0.6) is 11.5 Å². The molecule has 2 aliphatic rings. The minimum atomic E-state index is -3.82. The van der Waals surface area contributed by atoms with Crippen molar-refractivity contribution in [2.24, 2.45) is 5.92 Å². The van der Waals surface area contributed by atoms with Crippen LogP contribution in [0, 0.1) is 11.7 Å². The third kappa shape index (κ3) is 4.62. The number of benzene rings is 2. The first-order valence-electron chi connectivity index (χ1n) is 11.9. The van der Waals surface area contributed by atoms with Gasteiger partial charge in [-0.05, 0) is 36.6 Å². The topological polar surface area (TPSA) is 113 Å². The first kappa shape index (κ1) is 25.4. The fourth-order valence-electron chi connectivity index (χ4n) is 4.68. The molecule has 0 radical (unpaired) electrons. The molecule has 1 amide bonds. The molecule has 1 aliphatic heterocycles. The number of hydrogen-bond acceptors (Lipinski definition) is 6. The minimum Gasteiger partial charge on any atom is -0.395 e. The Morgan fingerprint density at radius 2 is 1.89 bits per heavy atom. The van der Waals surface area contributed by atoms with Gasteiger partial charge in [0.05, 0.1) is 37.1 Å². The zero-order chi connectivity index (χ0) is 26.7. The molecule has 5 rings (SSSR count). The maximum absolute atomic E-state index is 15.2. The van der Waals surface area contributed by atoms with Crippen molar-refractivity contribution >= 4 is 22.5 Å². The molecule has 2 aromatic carbocycles. The van der Waals surface area contributed by atoms with E-state index in [1.54, 1.807) is 18.4 Å². The lowest BCUT2D eigenvalue weighted by Crippen LogP contribution is -2.30. The van der Waals surface area contributed by atoms with E-state index in [1.165, 1.54) is 30.3 Å². The van der Waals surface area contributed by atoms with Gasteiger partial charge in [-0.3, -0.25) is 4.79 Å². The van der Waals surface area contributed by atoms with Gasteiger partial charge < -0.3 is 34.7 Å². The van der Waals surface area contributed by atoms with Crippen molar-refractivity contribution in [2.45, 2.75) is 51.0 Å². The molecule has 0 bridgehead atoms. The fourth-order valence-corrected chi connectivity index (χ4v) is 4.68. The Hall–Kier alpha value is -3.28. The van der Waals surface area contributed by atoms with Crippen molar-refractivity contribution < 1.29 is 42.8 Å². The number of nitrogens with one attached hydrogen (secondary N) is 1. The van der Waals surface area contributed by atoms with Gasteiger partial charge in [-0.25, -0.2) is 4.39 Å². The molecule has 11 heteroatoms. The highest BCUT2D eigenvalue weighted by molar-refractivity contribution is 6.03. The number of hydrogen-bond donors (Lipinski definition) is 4. The molecular formula is C26H27F3N2O6. The maximum Gasteiger partial charge on any atom is 0.586 e. The molecule has 1 aliphatic carbocycles. The number of aliphatic hydroxyl groups is 3. The summed E-state index contributed by atoms with van der Waals surface area (Å²) in [5.41, 5.74) is 0.647. The summed E-state index contributed by atoms with van der Waals surface area (Å²) < 4.78 is 53.4. The predicted octanol–water partition coefficient (Wildman–Crippen LogP) is 3.74. The van der Waals surface area contributed by atoms with Crippen LogP contribution in [0.15, 0.2) is 30.3 Å². The molecular weight excluding hydrogens is 493 g/mol. The van der Waals surface area contributed by atoms with Gasteiger partial charge in [-0.2, -0.15) is 0 Å². The Morgan fingerprint density at radius 3 is 2.54 bits per heavy atom. The number of rotatable bonds is 8. The van der Waals surface area contributed by atoms with Crippen LogP contribution < -0.4 is 14.8 Å². The Kier molecular flexibility index (Phi) is 6.12. The number of fused-ring (bicyclic) bond motifs is 2. The number of carbonyl (C=O) groups is 1. The quantitative estimate of drug-likeness (QED) is 0.360. The van der Waals surface area contributed by atoms with E-state index in [0.717, 1.165) is 12.8 Å². The summed E-state index contributed by atoms with van der Waals surface area (Å²) in [6.07, 6.45) is -3.57. The van der Waals surface area contributed by atoms with Gasteiger partial charge in [0.2, 0.25) is 5.91 Å². The molecule has 37 heavy (non-hydrogen) atoms. The second kappa shape index (κ2) is 8.93. The molecule has 0 saturated heterocycles. The summed E-state index contributed by atoms with van der Waals surface area (Å²) in [4.78, 5) is 12.4. The molecule has 0 unspecified atom stereocenters. The highest BCUT2D eigenvalue weighted by atomic mass is 19.3. The van der Waals surface area contributed by atoms with Crippen LogP contribution in [0.3, 0.4) is 0 Å². The number of aliphatic hydroxyl groups excluding tert-OH is 3. The van der Waals surface area contributed by atoms with Crippen molar-refractivity contribution in [3.8, 4) is 22.6 Å². The number of nitrogens with zero attached hydrogens (tertiary/aromatic N) is 1. The first-order chi connectivity index (χ1) is 17.4. The standard InChI is InChI=1S/C26H27F3N2O6/c1-25(2,12-33)23-22(14-5-6-20-21(7-14)37-26(28,29)36-20)16-8-18(30-24(35)13-3-4-13)17(27)9-19(16)31(23)10-15(34)11-32/h5-9,13,15,32-34H,3-4,10-12H2,1-2H3,(H,30,35)/t15-/m1/s1. The summed E-state index contributed by atoms with van der Waals surface area (Å²) in [5.74, 6) is -1.52. The van der Waals surface area contributed by atoms with Crippen molar-refractivity contribution in [3.63, 3.8) is 0 Å². The summed E-state index contributed by atoms with van der Waals surface area (Å²) in [6, 6.07) is 6.89.